The first-order valence-electron chi connectivity index (χ1n) is 7.24. The first-order valence-corrected chi connectivity index (χ1v) is 8.31. The molecule has 0 spiro atoms. The van der Waals surface area contributed by atoms with E-state index in [4.69, 9.17) is 0 Å². The lowest BCUT2D eigenvalue weighted by atomic mass is 9.70. The number of hydrogen-bond acceptors (Lipinski definition) is 4. The van der Waals surface area contributed by atoms with Gasteiger partial charge in [-0.2, -0.15) is 10.5 Å². The molecular weight excluding hydrogens is 403 g/mol. The van der Waals surface area contributed by atoms with Gasteiger partial charge in [-0.15, -0.1) is 5.76 Å². The number of Topliss-reactive ketones (excluding diaryl/α,β-unsaturated/α-hetero) is 1. The largest absolute Gasteiger partial charge is 0.875 e. The van der Waals surface area contributed by atoms with Crippen molar-refractivity contribution in [1.29, 1.82) is 10.5 Å². The Hall–Kier alpha value is -1.86. The predicted octanol–water partition coefficient (Wildman–Crippen LogP) is 2.99. The van der Waals surface area contributed by atoms with Crippen LogP contribution in [0.2, 0.25) is 0 Å². The molecule has 0 heterocycles. The van der Waals surface area contributed by atoms with Crippen LogP contribution < -0.4 is 5.11 Å². The van der Waals surface area contributed by atoms with Crippen molar-refractivity contribution >= 4 is 28.4 Å². The van der Waals surface area contributed by atoms with Gasteiger partial charge in [-0.3, -0.25) is 4.79 Å². The van der Waals surface area contributed by atoms with E-state index in [0.29, 0.717) is 5.56 Å². The Bertz CT molecular complexity index is 725. The van der Waals surface area contributed by atoms with Crippen molar-refractivity contribution in [3.63, 3.8) is 0 Å². The summed E-state index contributed by atoms with van der Waals surface area (Å²) in [6.45, 7) is 3.76. The number of ketones is 1. The molecule has 4 nitrogen and oxygen atoms in total. The molecule has 23 heavy (non-hydrogen) atoms. The van der Waals surface area contributed by atoms with Gasteiger partial charge in [0.1, 0.15) is 0 Å². The second-order valence-corrected chi connectivity index (χ2v) is 8.26. The summed E-state index contributed by atoms with van der Waals surface area (Å²) in [4.78, 5) is 12.6. The maximum absolute atomic E-state index is 12.6. The number of hydrogen-bond donors (Lipinski definition) is 0. The Morgan fingerprint density at radius 2 is 1.78 bits per heavy atom. The quantitative estimate of drug-likeness (QED) is 0.557. The van der Waals surface area contributed by atoms with Crippen molar-refractivity contribution in [1.82, 2.24) is 0 Å². The number of benzene rings is 1. The average Bonchev–Trinajstić information content (AvgIpc) is 2.50. The molecule has 0 aromatic heterocycles. The predicted molar refractivity (Wildman–Crippen MR) is 92.2 cm³/mol. The highest BCUT2D eigenvalue weighted by molar-refractivity contribution is 14.1. The van der Waals surface area contributed by atoms with Gasteiger partial charge in [0, 0.05) is 6.42 Å². The summed E-state index contributed by atoms with van der Waals surface area (Å²) < 4.78 is -1.50. The topological polar surface area (TPSA) is 87.7 Å². The summed E-state index contributed by atoms with van der Waals surface area (Å²) in [6, 6.07) is 12.8. The molecule has 0 amide bonds. The van der Waals surface area contributed by atoms with Gasteiger partial charge in [-0.05, 0) is 45.6 Å². The highest BCUT2D eigenvalue weighted by atomic mass is 127. The zero-order chi connectivity index (χ0) is 17.3. The summed E-state index contributed by atoms with van der Waals surface area (Å²) in [7, 11) is 0. The van der Waals surface area contributed by atoms with Crippen molar-refractivity contribution < 1.29 is 9.90 Å². The van der Waals surface area contributed by atoms with Gasteiger partial charge in [0.25, 0.3) is 0 Å². The lowest BCUT2D eigenvalue weighted by Gasteiger charge is -2.39. The summed E-state index contributed by atoms with van der Waals surface area (Å²) in [5.41, 5.74) is 0.348. The lowest BCUT2D eigenvalue weighted by Crippen LogP contribution is -2.38. The highest BCUT2D eigenvalue weighted by Gasteiger charge is 2.44. The van der Waals surface area contributed by atoms with Crippen molar-refractivity contribution in [2.45, 2.75) is 36.0 Å². The van der Waals surface area contributed by atoms with E-state index in [0.717, 1.165) is 0 Å². The normalized spacial score (nSPS) is 18.9. The molecular formula is C18H16IN2O2-. The highest BCUT2D eigenvalue weighted by Crippen LogP contribution is 2.46. The van der Waals surface area contributed by atoms with Crippen molar-refractivity contribution in [2.24, 2.45) is 5.41 Å². The van der Waals surface area contributed by atoms with Crippen LogP contribution in [-0.2, 0) is 4.79 Å². The van der Waals surface area contributed by atoms with Gasteiger partial charge in [0.05, 0.1) is 18.1 Å². The Kier molecular flexibility index (Phi) is 4.81. The number of halogens is 1. The molecule has 1 aliphatic carbocycles. The molecule has 0 saturated carbocycles. The molecule has 5 heteroatoms. The number of carbonyl (C=O) groups is 1. The van der Waals surface area contributed by atoms with Crippen LogP contribution in [0.4, 0.5) is 0 Å². The molecule has 1 aliphatic rings. The number of allylic oxidation sites excluding steroid dienone is 2. The Labute approximate surface area is 149 Å². The molecule has 0 saturated heterocycles. The number of alkyl halides is 1. The number of rotatable bonds is 3. The fraction of sp³-hybridized carbons (Fsp3) is 0.389. The van der Waals surface area contributed by atoms with Gasteiger partial charge in [0.15, 0.2) is 5.78 Å². The zero-order valence-electron chi connectivity index (χ0n) is 13.0. The second kappa shape index (κ2) is 6.33. The molecule has 1 unspecified atom stereocenters. The fourth-order valence-electron chi connectivity index (χ4n) is 2.99. The number of nitrogens with zero attached hydrogens (tertiary/aromatic N) is 2. The molecule has 118 valence electrons. The minimum Gasteiger partial charge on any atom is -0.875 e. The minimum absolute atomic E-state index is 0.0908. The number of carbonyl (C=O) groups excluding carboxylic acids is 1. The summed E-state index contributed by atoms with van der Waals surface area (Å²) in [5, 5.41) is 31.6. The van der Waals surface area contributed by atoms with Crippen molar-refractivity contribution in [3.8, 4) is 12.1 Å². The molecule has 0 bridgehead atoms. The van der Waals surface area contributed by atoms with E-state index >= 15 is 0 Å². The molecule has 1 aromatic carbocycles. The Morgan fingerprint density at radius 3 is 2.26 bits per heavy atom. The van der Waals surface area contributed by atoms with Gasteiger partial charge < -0.3 is 5.11 Å². The van der Waals surface area contributed by atoms with Crippen LogP contribution in [0.15, 0.2) is 41.7 Å². The lowest BCUT2D eigenvalue weighted by molar-refractivity contribution is -0.312. The summed E-state index contributed by atoms with van der Waals surface area (Å²) >= 11 is 1.75. The van der Waals surface area contributed by atoms with E-state index in [2.05, 4.69) is 0 Å². The molecule has 1 atom stereocenters. The SMILES string of the molecule is CC1(C)CC(=O)C(C(c2ccccc2)C(I)(C#N)C#N)=C([O-])C1. The molecule has 0 aliphatic heterocycles. The van der Waals surface area contributed by atoms with Crippen LogP contribution in [0.5, 0.6) is 0 Å². The van der Waals surface area contributed by atoms with E-state index in [1.54, 1.807) is 46.9 Å². The van der Waals surface area contributed by atoms with Crippen LogP contribution in [0, 0.1) is 28.1 Å². The average molecular weight is 419 g/mol. The second-order valence-electron chi connectivity index (χ2n) is 6.56. The molecule has 0 N–H and O–H groups in total. The van der Waals surface area contributed by atoms with Gasteiger partial charge in [0.2, 0.25) is 3.42 Å². The number of nitriles is 2. The molecule has 2 rings (SSSR count). The van der Waals surface area contributed by atoms with Crippen molar-refractivity contribution in [2.75, 3.05) is 0 Å². The van der Waals surface area contributed by atoms with Crippen LogP contribution in [-0.4, -0.2) is 9.20 Å². The third kappa shape index (κ3) is 3.40. The first-order chi connectivity index (χ1) is 10.7. The van der Waals surface area contributed by atoms with E-state index in [1.807, 2.05) is 32.1 Å². The maximum Gasteiger partial charge on any atom is 0.204 e. The van der Waals surface area contributed by atoms with Gasteiger partial charge >= 0.3 is 0 Å². The Balaban J connectivity index is 2.68. The van der Waals surface area contributed by atoms with E-state index in [1.165, 1.54) is 0 Å². The first kappa shape index (κ1) is 17.5. The molecule has 0 fully saturated rings. The monoisotopic (exact) mass is 419 g/mol. The van der Waals surface area contributed by atoms with Crippen LogP contribution in [0.1, 0.15) is 38.2 Å². The molecule has 0 radical (unpaired) electrons. The molecule has 1 aromatic rings. The smallest absolute Gasteiger partial charge is 0.204 e. The summed E-state index contributed by atoms with van der Waals surface area (Å²) in [6.07, 6.45) is 0.502. The fourth-order valence-corrected chi connectivity index (χ4v) is 3.67. The van der Waals surface area contributed by atoms with E-state index in [9.17, 15) is 20.4 Å². The van der Waals surface area contributed by atoms with Crippen molar-refractivity contribution in [3.05, 3.63) is 47.2 Å². The third-order valence-corrected chi connectivity index (χ3v) is 5.13. The standard InChI is InChI=1S/C18H17IN2O2/c1-17(2)8-13(22)15(14(23)9-17)16(18(19,10-20)11-21)12-6-4-3-5-7-12/h3-7,16,22H,8-9H2,1-2H3/p-1. The van der Waals surface area contributed by atoms with Crippen LogP contribution in [0.25, 0.3) is 0 Å². The third-order valence-electron chi connectivity index (χ3n) is 4.02. The van der Waals surface area contributed by atoms with Gasteiger partial charge in [-0.25, -0.2) is 0 Å². The van der Waals surface area contributed by atoms with E-state index in [-0.39, 0.29) is 35.4 Å². The maximum atomic E-state index is 12.6. The van der Waals surface area contributed by atoms with E-state index < -0.39 is 9.34 Å². The minimum atomic E-state index is -1.50. The zero-order valence-corrected chi connectivity index (χ0v) is 15.1. The Morgan fingerprint density at radius 1 is 1.22 bits per heavy atom. The summed E-state index contributed by atoms with van der Waals surface area (Å²) in [5.74, 6) is -1.35. The van der Waals surface area contributed by atoms with Gasteiger partial charge in [-0.1, -0.05) is 44.2 Å². The van der Waals surface area contributed by atoms with Crippen LogP contribution >= 0.6 is 22.6 Å². The van der Waals surface area contributed by atoms with Crippen LogP contribution in [0.3, 0.4) is 0 Å².